The Hall–Kier alpha value is -3.72. The molecule has 180 valence electrons. The summed E-state index contributed by atoms with van der Waals surface area (Å²) in [6, 6.07) is 19.6. The fourth-order valence-electron chi connectivity index (χ4n) is 3.26. The number of amides is 1. The van der Waals surface area contributed by atoms with Crippen LogP contribution >= 0.6 is 0 Å². The number of anilines is 2. The van der Waals surface area contributed by atoms with Gasteiger partial charge in [0.15, 0.2) is 0 Å². The average Bonchev–Trinajstić information content (AvgIpc) is 2.83. The van der Waals surface area contributed by atoms with Crippen LogP contribution in [0.1, 0.15) is 13.8 Å². The van der Waals surface area contributed by atoms with Crippen molar-refractivity contribution in [1.29, 1.82) is 0 Å². The zero-order valence-electron chi connectivity index (χ0n) is 19.5. The van der Waals surface area contributed by atoms with Gasteiger partial charge in [-0.05, 0) is 62.4 Å². The van der Waals surface area contributed by atoms with E-state index in [1.54, 1.807) is 60.7 Å². The molecule has 0 saturated heterocycles. The number of carbonyl (C=O) groups excluding carboxylic acids is 1. The normalized spacial score (nSPS) is 11.1. The zero-order chi connectivity index (χ0) is 24.7. The molecule has 3 rings (SSSR count). The van der Waals surface area contributed by atoms with Crippen molar-refractivity contribution in [1.82, 2.24) is 0 Å². The van der Waals surface area contributed by atoms with Crippen LogP contribution < -0.4 is 23.8 Å². The van der Waals surface area contributed by atoms with Crippen molar-refractivity contribution in [2.75, 3.05) is 30.4 Å². The number of hydrogen-bond acceptors (Lipinski definition) is 6. The molecule has 3 aromatic carbocycles. The van der Waals surface area contributed by atoms with E-state index in [-0.39, 0.29) is 16.7 Å². The molecule has 1 amide bonds. The van der Waals surface area contributed by atoms with Crippen LogP contribution in [0.5, 0.6) is 17.2 Å². The first-order valence-electron chi connectivity index (χ1n) is 10.6. The van der Waals surface area contributed by atoms with Gasteiger partial charge in [0.2, 0.25) is 5.91 Å². The number of para-hydroxylation sites is 4. The molecular formula is C25H28N2O6S. The van der Waals surface area contributed by atoms with Gasteiger partial charge < -0.3 is 19.5 Å². The molecule has 0 aliphatic heterocycles. The minimum Gasteiger partial charge on any atom is -0.497 e. The van der Waals surface area contributed by atoms with Crippen molar-refractivity contribution >= 4 is 27.3 Å². The summed E-state index contributed by atoms with van der Waals surface area (Å²) >= 11 is 0. The summed E-state index contributed by atoms with van der Waals surface area (Å²) in [6.07, 6.45) is -0.0985. The largest absolute Gasteiger partial charge is 0.497 e. The van der Waals surface area contributed by atoms with Gasteiger partial charge in [0, 0.05) is 0 Å². The van der Waals surface area contributed by atoms with Crippen molar-refractivity contribution in [3.63, 3.8) is 0 Å². The zero-order valence-corrected chi connectivity index (χ0v) is 20.3. The van der Waals surface area contributed by atoms with Crippen LogP contribution in [0.25, 0.3) is 0 Å². The lowest BCUT2D eigenvalue weighted by atomic mass is 10.2. The van der Waals surface area contributed by atoms with Crippen molar-refractivity contribution in [2.24, 2.45) is 0 Å². The fourth-order valence-corrected chi connectivity index (χ4v) is 4.69. The molecule has 0 heterocycles. The van der Waals surface area contributed by atoms with Crippen molar-refractivity contribution < 1.29 is 27.4 Å². The Labute approximate surface area is 200 Å². The molecule has 0 bridgehead atoms. The van der Waals surface area contributed by atoms with E-state index in [2.05, 4.69) is 5.32 Å². The van der Waals surface area contributed by atoms with Gasteiger partial charge in [-0.15, -0.1) is 0 Å². The van der Waals surface area contributed by atoms with E-state index in [9.17, 15) is 13.2 Å². The lowest BCUT2D eigenvalue weighted by Gasteiger charge is -2.26. The summed E-state index contributed by atoms with van der Waals surface area (Å²) in [5.74, 6) is 0.786. The van der Waals surface area contributed by atoms with Crippen LogP contribution in [0.4, 0.5) is 11.4 Å². The molecule has 0 unspecified atom stereocenters. The number of sulfonamides is 1. The average molecular weight is 485 g/mol. The quantitative estimate of drug-likeness (QED) is 0.461. The predicted molar refractivity (Wildman–Crippen MR) is 131 cm³/mol. The maximum atomic E-state index is 13.6. The van der Waals surface area contributed by atoms with Gasteiger partial charge in [-0.3, -0.25) is 9.10 Å². The lowest BCUT2D eigenvalue weighted by molar-refractivity contribution is -0.114. The van der Waals surface area contributed by atoms with Crippen molar-refractivity contribution in [3.8, 4) is 17.2 Å². The van der Waals surface area contributed by atoms with E-state index in [0.29, 0.717) is 22.9 Å². The summed E-state index contributed by atoms with van der Waals surface area (Å²) < 4.78 is 44.5. The summed E-state index contributed by atoms with van der Waals surface area (Å²) in [6.45, 7) is 3.28. The van der Waals surface area contributed by atoms with Gasteiger partial charge in [-0.25, -0.2) is 8.42 Å². The molecule has 0 atom stereocenters. The number of methoxy groups -OCH3 is 2. The number of benzene rings is 3. The molecule has 0 aliphatic carbocycles. The van der Waals surface area contributed by atoms with Gasteiger partial charge in [-0.1, -0.05) is 24.3 Å². The van der Waals surface area contributed by atoms with E-state index >= 15 is 0 Å². The maximum Gasteiger partial charge on any atom is 0.264 e. The summed E-state index contributed by atoms with van der Waals surface area (Å²) in [7, 11) is -1.19. The van der Waals surface area contributed by atoms with Gasteiger partial charge >= 0.3 is 0 Å². The van der Waals surface area contributed by atoms with E-state index in [1.165, 1.54) is 26.4 Å². The Bertz CT molecular complexity index is 1230. The van der Waals surface area contributed by atoms with E-state index in [0.717, 1.165) is 4.31 Å². The summed E-state index contributed by atoms with van der Waals surface area (Å²) in [5.41, 5.74) is 0.686. The SMILES string of the molecule is COc1ccc(S(=O)(=O)N(CC(=O)Nc2ccccc2OC(C)C)c2ccccc2OC)cc1. The highest BCUT2D eigenvalue weighted by Crippen LogP contribution is 2.33. The van der Waals surface area contributed by atoms with Crippen LogP contribution in [0.2, 0.25) is 0 Å². The second-order valence-corrected chi connectivity index (χ2v) is 9.43. The highest BCUT2D eigenvalue weighted by atomic mass is 32.2. The summed E-state index contributed by atoms with van der Waals surface area (Å²) in [5, 5.41) is 2.76. The highest BCUT2D eigenvalue weighted by molar-refractivity contribution is 7.92. The standard InChI is InChI=1S/C25H28N2O6S/c1-18(2)33-23-11-7-5-9-21(23)26-25(28)17-27(22-10-6-8-12-24(22)32-4)34(29,30)20-15-13-19(31-3)14-16-20/h5-16,18H,17H2,1-4H3,(H,26,28). The minimum absolute atomic E-state index is 0.00977. The van der Waals surface area contributed by atoms with Crippen LogP contribution in [-0.4, -0.2) is 41.2 Å². The molecule has 34 heavy (non-hydrogen) atoms. The van der Waals surface area contributed by atoms with Gasteiger partial charge in [0.25, 0.3) is 10.0 Å². The topological polar surface area (TPSA) is 94.2 Å². The van der Waals surface area contributed by atoms with Crippen LogP contribution in [0.15, 0.2) is 77.7 Å². The van der Waals surface area contributed by atoms with Crippen LogP contribution in [0.3, 0.4) is 0 Å². The summed E-state index contributed by atoms with van der Waals surface area (Å²) in [4.78, 5) is 13.1. The molecule has 0 radical (unpaired) electrons. The Morgan fingerprint density at radius 3 is 2.12 bits per heavy atom. The molecule has 0 aliphatic rings. The first-order chi connectivity index (χ1) is 16.3. The smallest absolute Gasteiger partial charge is 0.264 e. The third kappa shape index (κ3) is 5.79. The number of nitrogens with one attached hydrogen (secondary N) is 1. The maximum absolute atomic E-state index is 13.6. The van der Waals surface area contributed by atoms with E-state index < -0.39 is 22.5 Å². The minimum atomic E-state index is -4.12. The number of ether oxygens (including phenoxy) is 3. The first kappa shape index (κ1) is 24.9. The van der Waals surface area contributed by atoms with Crippen LogP contribution in [-0.2, 0) is 14.8 Å². The molecule has 1 N–H and O–H groups in total. The molecule has 0 fully saturated rings. The van der Waals surface area contributed by atoms with Crippen molar-refractivity contribution in [2.45, 2.75) is 24.8 Å². The molecule has 0 spiro atoms. The highest BCUT2D eigenvalue weighted by Gasteiger charge is 2.29. The molecule has 0 saturated carbocycles. The fraction of sp³-hybridized carbons (Fsp3) is 0.240. The van der Waals surface area contributed by atoms with E-state index in [1.807, 2.05) is 13.8 Å². The van der Waals surface area contributed by atoms with Crippen LogP contribution in [0, 0.1) is 0 Å². The number of rotatable bonds is 10. The molecule has 0 aromatic heterocycles. The number of hydrogen-bond donors (Lipinski definition) is 1. The number of nitrogens with zero attached hydrogens (tertiary/aromatic N) is 1. The van der Waals surface area contributed by atoms with Gasteiger partial charge in [-0.2, -0.15) is 0 Å². The molecule has 3 aromatic rings. The Kier molecular flexibility index (Phi) is 8.01. The second-order valence-electron chi connectivity index (χ2n) is 7.57. The third-order valence-corrected chi connectivity index (χ3v) is 6.59. The second kappa shape index (κ2) is 10.9. The first-order valence-corrected chi connectivity index (χ1v) is 12.1. The van der Waals surface area contributed by atoms with Gasteiger partial charge in [0.05, 0.1) is 36.6 Å². The van der Waals surface area contributed by atoms with Crippen molar-refractivity contribution in [3.05, 3.63) is 72.8 Å². The third-order valence-electron chi connectivity index (χ3n) is 4.81. The van der Waals surface area contributed by atoms with Gasteiger partial charge in [0.1, 0.15) is 23.8 Å². The molecular weight excluding hydrogens is 456 g/mol. The Morgan fingerprint density at radius 1 is 0.882 bits per heavy atom. The Morgan fingerprint density at radius 2 is 1.50 bits per heavy atom. The molecule has 9 heteroatoms. The Balaban J connectivity index is 1.97. The number of carbonyl (C=O) groups is 1. The monoisotopic (exact) mass is 484 g/mol. The molecule has 8 nitrogen and oxygen atoms in total. The predicted octanol–water partition coefficient (Wildman–Crippen LogP) is 4.33. The van der Waals surface area contributed by atoms with E-state index in [4.69, 9.17) is 14.2 Å². The lowest BCUT2D eigenvalue weighted by Crippen LogP contribution is -2.38.